The number of benzene rings is 4. The largest absolute Gasteiger partial charge is 0.419 e. The van der Waals surface area contributed by atoms with Gasteiger partial charge in [0.2, 0.25) is 26.6 Å². The number of aromatic nitrogens is 1. The van der Waals surface area contributed by atoms with Crippen LogP contribution in [0.15, 0.2) is 124 Å². The van der Waals surface area contributed by atoms with Crippen LogP contribution >= 0.6 is 23.2 Å². The lowest BCUT2D eigenvalue weighted by Gasteiger charge is -2.39. The molecule has 1 saturated heterocycles. The highest BCUT2D eigenvalue weighted by atomic mass is 35.5. The summed E-state index contributed by atoms with van der Waals surface area (Å²) in [6.45, 7) is 2.49. The average Bonchev–Trinajstić information content (AvgIpc) is 3.46. The van der Waals surface area contributed by atoms with Crippen LogP contribution in [0.1, 0.15) is 17.2 Å². The molecule has 1 aliphatic rings. The molecule has 0 unspecified atom stereocenters. The molecule has 208 valence electrons. The Kier molecular flexibility index (Phi) is 7.86. The van der Waals surface area contributed by atoms with Gasteiger partial charge in [0.15, 0.2) is 0 Å². The van der Waals surface area contributed by atoms with E-state index in [1.165, 1.54) is 23.3 Å². The van der Waals surface area contributed by atoms with Crippen molar-refractivity contribution in [3.8, 4) is 11.5 Å². The van der Waals surface area contributed by atoms with Crippen molar-refractivity contribution in [2.24, 2.45) is 0 Å². The molecule has 0 radical (unpaired) electrons. The normalized spacial score (nSPS) is 14.5. The van der Waals surface area contributed by atoms with E-state index in [4.69, 9.17) is 27.6 Å². The standard InChI is InChI=1S/C32H27Cl2N3O3S/c33-25-15-17-26(18-16-25)41(38,39)31-32(40-30(35-31)27-13-7-8-14-28(27)34)37-21-19-36(20-22-37)29(23-9-3-1-4-10-23)24-11-5-2-6-12-24/h1-18,29H,19-22H2. The molecule has 6 rings (SSSR count). The summed E-state index contributed by atoms with van der Waals surface area (Å²) in [5, 5.41) is 0.739. The molecule has 4 aromatic carbocycles. The Morgan fingerprint density at radius 1 is 0.707 bits per heavy atom. The number of piperazine rings is 1. The summed E-state index contributed by atoms with van der Waals surface area (Å²) < 4.78 is 33.9. The van der Waals surface area contributed by atoms with Gasteiger partial charge in [0.25, 0.3) is 0 Å². The Labute approximate surface area is 249 Å². The molecular formula is C32H27Cl2N3O3S. The first-order valence-corrected chi connectivity index (χ1v) is 15.5. The number of hydrogen-bond donors (Lipinski definition) is 0. The highest BCUT2D eigenvalue weighted by Crippen LogP contribution is 2.38. The molecule has 6 nitrogen and oxygen atoms in total. The van der Waals surface area contributed by atoms with E-state index in [1.807, 2.05) is 23.1 Å². The lowest BCUT2D eigenvalue weighted by atomic mass is 9.96. The van der Waals surface area contributed by atoms with E-state index in [-0.39, 0.29) is 27.7 Å². The number of rotatable bonds is 7. The highest BCUT2D eigenvalue weighted by Gasteiger charge is 2.34. The zero-order valence-corrected chi connectivity index (χ0v) is 24.4. The molecule has 0 amide bonds. The summed E-state index contributed by atoms with van der Waals surface area (Å²) in [6, 6.07) is 34.1. The molecule has 2 heterocycles. The van der Waals surface area contributed by atoms with Crippen molar-refractivity contribution < 1.29 is 12.8 Å². The van der Waals surface area contributed by atoms with Crippen LogP contribution in [0.4, 0.5) is 5.88 Å². The van der Waals surface area contributed by atoms with E-state index in [1.54, 1.807) is 30.3 Å². The molecule has 0 saturated carbocycles. The van der Waals surface area contributed by atoms with Crippen molar-refractivity contribution in [2.75, 3.05) is 31.1 Å². The van der Waals surface area contributed by atoms with Gasteiger partial charge in [-0.3, -0.25) is 4.90 Å². The first-order chi connectivity index (χ1) is 19.9. The molecule has 9 heteroatoms. The van der Waals surface area contributed by atoms with Gasteiger partial charge < -0.3 is 9.32 Å². The SMILES string of the molecule is O=S(=O)(c1ccc(Cl)cc1)c1nc(-c2ccccc2Cl)oc1N1CCN(C(c2ccccc2)c2ccccc2)CC1. The van der Waals surface area contributed by atoms with E-state index >= 15 is 0 Å². The molecule has 1 aliphatic heterocycles. The third-order valence-corrected chi connectivity index (χ3v) is 9.51. The summed E-state index contributed by atoms with van der Waals surface area (Å²) in [4.78, 5) is 8.98. The van der Waals surface area contributed by atoms with Gasteiger partial charge in [0.05, 0.1) is 21.5 Å². The van der Waals surface area contributed by atoms with Crippen LogP contribution in [0.3, 0.4) is 0 Å². The van der Waals surface area contributed by atoms with Gasteiger partial charge in [0.1, 0.15) is 0 Å². The van der Waals surface area contributed by atoms with Gasteiger partial charge >= 0.3 is 0 Å². The van der Waals surface area contributed by atoms with Crippen molar-refractivity contribution >= 4 is 38.9 Å². The Bertz CT molecular complexity index is 1700. The van der Waals surface area contributed by atoms with Crippen molar-refractivity contribution in [3.05, 3.63) is 130 Å². The third kappa shape index (κ3) is 5.63. The number of sulfone groups is 1. The molecule has 1 aromatic heterocycles. The Balaban J connectivity index is 1.35. The maximum Gasteiger partial charge on any atom is 0.236 e. The smallest absolute Gasteiger partial charge is 0.236 e. The van der Waals surface area contributed by atoms with Crippen LogP contribution < -0.4 is 4.90 Å². The van der Waals surface area contributed by atoms with Crippen molar-refractivity contribution in [1.82, 2.24) is 9.88 Å². The number of oxazole rings is 1. The van der Waals surface area contributed by atoms with Crippen molar-refractivity contribution in [1.29, 1.82) is 0 Å². The first kappa shape index (κ1) is 27.5. The van der Waals surface area contributed by atoms with Gasteiger partial charge in [-0.15, -0.1) is 0 Å². The minimum Gasteiger partial charge on any atom is -0.419 e. The number of anilines is 1. The topological polar surface area (TPSA) is 66.7 Å². The average molecular weight is 605 g/mol. The molecule has 0 atom stereocenters. The summed E-state index contributed by atoms with van der Waals surface area (Å²) in [5.74, 6) is 0.373. The van der Waals surface area contributed by atoms with Gasteiger partial charge in [-0.1, -0.05) is 96.0 Å². The summed E-state index contributed by atoms with van der Waals surface area (Å²) in [7, 11) is -4.01. The summed E-state index contributed by atoms with van der Waals surface area (Å²) in [5.41, 5.74) is 2.94. The van der Waals surface area contributed by atoms with E-state index < -0.39 is 9.84 Å². The number of nitrogens with zero attached hydrogens (tertiary/aromatic N) is 3. The lowest BCUT2D eigenvalue weighted by Crippen LogP contribution is -2.48. The fourth-order valence-electron chi connectivity index (χ4n) is 5.22. The van der Waals surface area contributed by atoms with Crippen LogP contribution in [0.5, 0.6) is 0 Å². The zero-order valence-electron chi connectivity index (χ0n) is 22.0. The van der Waals surface area contributed by atoms with E-state index in [0.29, 0.717) is 41.8 Å². The van der Waals surface area contributed by atoms with Crippen LogP contribution in [-0.4, -0.2) is 44.5 Å². The fourth-order valence-corrected chi connectivity index (χ4v) is 6.88. The van der Waals surface area contributed by atoms with Crippen molar-refractivity contribution in [3.63, 3.8) is 0 Å². The summed E-state index contributed by atoms with van der Waals surface area (Å²) >= 11 is 12.5. The predicted molar refractivity (Wildman–Crippen MR) is 162 cm³/mol. The van der Waals surface area contributed by atoms with Crippen LogP contribution in [0, 0.1) is 0 Å². The van der Waals surface area contributed by atoms with Gasteiger partial charge in [-0.2, -0.15) is 4.98 Å². The first-order valence-electron chi connectivity index (χ1n) is 13.3. The predicted octanol–water partition coefficient (Wildman–Crippen LogP) is 7.39. The van der Waals surface area contributed by atoms with Crippen LogP contribution in [0.2, 0.25) is 10.0 Å². The minimum absolute atomic E-state index is 0.0743. The maximum absolute atomic E-state index is 13.8. The quantitative estimate of drug-likeness (QED) is 0.193. The highest BCUT2D eigenvalue weighted by molar-refractivity contribution is 7.91. The van der Waals surface area contributed by atoms with Crippen LogP contribution in [-0.2, 0) is 9.84 Å². The monoisotopic (exact) mass is 603 g/mol. The third-order valence-electron chi connectivity index (χ3n) is 7.26. The minimum atomic E-state index is -4.01. The lowest BCUT2D eigenvalue weighted by molar-refractivity contribution is 0.209. The molecule has 0 aliphatic carbocycles. The van der Waals surface area contributed by atoms with Crippen LogP contribution in [0.25, 0.3) is 11.5 Å². The molecule has 0 N–H and O–H groups in total. The summed E-state index contributed by atoms with van der Waals surface area (Å²) in [6.07, 6.45) is 0. The molecular weight excluding hydrogens is 577 g/mol. The Morgan fingerprint density at radius 3 is 1.85 bits per heavy atom. The molecule has 1 fully saturated rings. The number of halogens is 2. The van der Waals surface area contributed by atoms with Gasteiger partial charge in [0, 0.05) is 31.2 Å². The Hall–Kier alpha value is -3.62. The molecule has 0 bridgehead atoms. The fraction of sp³-hybridized carbons (Fsp3) is 0.156. The zero-order chi connectivity index (χ0) is 28.4. The molecule has 0 spiro atoms. The molecule has 5 aromatic rings. The van der Waals surface area contributed by atoms with E-state index in [9.17, 15) is 8.42 Å². The molecule has 41 heavy (non-hydrogen) atoms. The van der Waals surface area contributed by atoms with E-state index in [2.05, 4.69) is 58.4 Å². The second-order valence-corrected chi connectivity index (χ2v) is 12.5. The van der Waals surface area contributed by atoms with Gasteiger partial charge in [-0.05, 0) is 47.5 Å². The second kappa shape index (κ2) is 11.7. The number of hydrogen-bond acceptors (Lipinski definition) is 6. The maximum atomic E-state index is 13.8. The van der Waals surface area contributed by atoms with Crippen molar-refractivity contribution in [2.45, 2.75) is 16.0 Å². The van der Waals surface area contributed by atoms with E-state index in [0.717, 1.165) is 0 Å². The Morgan fingerprint density at radius 2 is 1.27 bits per heavy atom. The second-order valence-electron chi connectivity index (χ2n) is 9.81. The van der Waals surface area contributed by atoms with Gasteiger partial charge in [-0.25, -0.2) is 8.42 Å².